The van der Waals surface area contributed by atoms with E-state index in [1.807, 2.05) is 28.4 Å². The molecule has 2 aliphatic rings. The predicted octanol–water partition coefficient (Wildman–Crippen LogP) is 3.03. The topological polar surface area (TPSA) is 80.5 Å². The van der Waals surface area contributed by atoms with Crippen LogP contribution in [-0.2, 0) is 0 Å². The Hall–Kier alpha value is -3.67. The summed E-state index contributed by atoms with van der Waals surface area (Å²) in [5.41, 5.74) is 1.77. The van der Waals surface area contributed by atoms with Crippen LogP contribution in [0.5, 0.6) is 5.75 Å². The average Bonchev–Trinajstić information content (AvgIpc) is 3.28. The van der Waals surface area contributed by atoms with Crippen LogP contribution in [0.1, 0.15) is 5.56 Å². The predicted molar refractivity (Wildman–Crippen MR) is 90.3 cm³/mol. The first-order valence-corrected chi connectivity index (χ1v) is 7.68. The van der Waals surface area contributed by atoms with Gasteiger partial charge in [0.05, 0.1) is 30.1 Å². The molecule has 4 rings (SSSR count). The molecule has 0 saturated carbocycles. The monoisotopic (exact) mass is 354 g/mol. The van der Waals surface area contributed by atoms with Crippen molar-refractivity contribution >= 4 is 11.9 Å². The van der Waals surface area contributed by atoms with Gasteiger partial charge in [-0.1, -0.05) is 0 Å². The molecule has 26 heavy (non-hydrogen) atoms. The Labute approximate surface area is 147 Å². The SMILES string of the molecule is N#Cc1ccc(OC(F)F)c(-c2[nH]ncc2N2CC=C3N=CC=CN32)c1. The molecule has 0 saturated heterocycles. The van der Waals surface area contributed by atoms with Gasteiger partial charge < -0.3 is 4.74 Å². The highest BCUT2D eigenvalue weighted by Gasteiger charge is 2.28. The Bertz CT molecular complexity index is 972. The summed E-state index contributed by atoms with van der Waals surface area (Å²) < 4.78 is 30.2. The molecule has 0 bridgehead atoms. The minimum Gasteiger partial charge on any atom is -0.434 e. The van der Waals surface area contributed by atoms with E-state index in [2.05, 4.69) is 19.9 Å². The minimum absolute atomic E-state index is 0.0379. The third-order valence-corrected chi connectivity index (χ3v) is 3.95. The van der Waals surface area contributed by atoms with Gasteiger partial charge in [0.2, 0.25) is 0 Å². The molecule has 0 fully saturated rings. The summed E-state index contributed by atoms with van der Waals surface area (Å²) in [5.74, 6) is 0.721. The highest BCUT2D eigenvalue weighted by molar-refractivity contribution is 5.81. The minimum atomic E-state index is -2.98. The lowest BCUT2D eigenvalue weighted by molar-refractivity contribution is -0.0494. The Balaban J connectivity index is 1.77. The number of nitrogens with one attached hydrogen (secondary N) is 1. The molecule has 130 valence electrons. The fourth-order valence-corrected chi connectivity index (χ4v) is 2.86. The van der Waals surface area contributed by atoms with Crippen molar-refractivity contribution in [3.63, 3.8) is 0 Å². The second-order valence-electron chi connectivity index (χ2n) is 5.44. The quantitative estimate of drug-likeness (QED) is 0.913. The van der Waals surface area contributed by atoms with E-state index in [0.29, 0.717) is 29.1 Å². The van der Waals surface area contributed by atoms with E-state index in [4.69, 9.17) is 5.26 Å². The molecule has 1 N–H and O–H groups in total. The fraction of sp³-hybridized carbons (Fsp3) is 0.118. The molecule has 1 aromatic heterocycles. The lowest BCUT2D eigenvalue weighted by Crippen LogP contribution is -2.34. The zero-order valence-electron chi connectivity index (χ0n) is 13.3. The Morgan fingerprint density at radius 3 is 3.04 bits per heavy atom. The van der Waals surface area contributed by atoms with E-state index in [0.717, 1.165) is 5.82 Å². The van der Waals surface area contributed by atoms with Crippen LogP contribution in [0.4, 0.5) is 14.5 Å². The van der Waals surface area contributed by atoms with Crippen LogP contribution >= 0.6 is 0 Å². The highest BCUT2D eigenvalue weighted by atomic mass is 19.3. The van der Waals surface area contributed by atoms with Crippen molar-refractivity contribution in [2.24, 2.45) is 4.99 Å². The van der Waals surface area contributed by atoms with Crippen LogP contribution in [0.25, 0.3) is 11.3 Å². The number of hydrogen-bond donors (Lipinski definition) is 1. The number of ether oxygens (including phenoxy) is 1. The van der Waals surface area contributed by atoms with Crippen molar-refractivity contribution in [1.29, 1.82) is 5.26 Å². The van der Waals surface area contributed by atoms with E-state index in [-0.39, 0.29) is 5.75 Å². The maximum Gasteiger partial charge on any atom is 0.387 e. The normalized spacial score (nSPS) is 15.2. The van der Waals surface area contributed by atoms with Gasteiger partial charge in [0.25, 0.3) is 0 Å². The number of aromatic amines is 1. The molecular formula is C17H12F2N6O. The van der Waals surface area contributed by atoms with Gasteiger partial charge in [0.1, 0.15) is 17.3 Å². The third kappa shape index (κ3) is 2.67. The number of allylic oxidation sites excluding steroid dienone is 1. The number of anilines is 1. The molecular weight excluding hydrogens is 342 g/mol. The van der Waals surface area contributed by atoms with Gasteiger partial charge in [0, 0.05) is 18.0 Å². The average molecular weight is 354 g/mol. The lowest BCUT2D eigenvalue weighted by Gasteiger charge is -2.30. The molecule has 3 heterocycles. The molecule has 7 nitrogen and oxygen atoms in total. The van der Waals surface area contributed by atoms with E-state index < -0.39 is 6.61 Å². The summed E-state index contributed by atoms with van der Waals surface area (Å²) in [6.45, 7) is -2.44. The summed E-state index contributed by atoms with van der Waals surface area (Å²) in [4.78, 5) is 4.27. The van der Waals surface area contributed by atoms with E-state index >= 15 is 0 Å². The van der Waals surface area contributed by atoms with Crippen molar-refractivity contribution in [1.82, 2.24) is 15.2 Å². The molecule has 0 aliphatic carbocycles. The maximum atomic E-state index is 12.8. The van der Waals surface area contributed by atoms with Crippen molar-refractivity contribution < 1.29 is 13.5 Å². The van der Waals surface area contributed by atoms with Crippen LogP contribution in [0, 0.1) is 11.3 Å². The fourth-order valence-electron chi connectivity index (χ4n) is 2.86. The highest BCUT2D eigenvalue weighted by Crippen LogP contribution is 2.39. The second kappa shape index (κ2) is 6.33. The molecule has 9 heteroatoms. The number of hydrogen-bond acceptors (Lipinski definition) is 6. The number of hydrazine groups is 1. The van der Waals surface area contributed by atoms with Crippen LogP contribution in [0.15, 0.2) is 53.6 Å². The largest absolute Gasteiger partial charge is 0.434 e. The van der Waals surface area contributed by atoms with Crippen LogP contribution in [0.2, 0.25) is 0 Å². The van der Waals surface area contributed by atoms with E-state index in [1.165, 1.54) is 18.2 Å². The summed E-state index contributed by atoms with van der Waals surface area (Å²) in [7, 11) is 0. The number of aliphatic imine (C=N–C) groups is 1. The lowest BCUT2D eigenvalue weighted by atomic mass is 10.1. The maximum absolute atomic E-state index is 12.8. The van der Waals surface area contributed by atoms with Crippen LogP contribution in [0.3, 0.4) is 0 Å². The molecule has 0 amide bonds. The number of alkyl halides is 2. The molecule has 0 radical (unpaired) electrons. The summed E-state index contributed by atoms with van der Waals surface area (Å²) in [6, 6.07) is 6.27. The summed E-state index contributed by atoms with van der Waals surface area (Å²) in [6.07, 6.45) is 8.83. The number of H-pyrrole nitrogens is 1. The Morgan fingerprint density at radius 1 is 1.35 bits per heavy atom. The van der Waals surface area contributed by atoms with Gasteiger partial charge in [-0.25, -0.2) is 10.0 Å². The summed E-state index contributed by atoms with van der Waals surface area (Å²) in [5, 5.41) is 19.7. The molecule has 0 atom stereocenters. The zero-order valence-corrected chi connectivity index (χ0v) is 13.3. The van der Waals surface area contributed by atoms with Crippen molar-refractivity contribution in [2.75, 3.05) is 11.6 Å². The number of nitrogens with zero attached hydrogens (tertiary/aromatic N) is 5. The standard InChI is InChI=1S/C17H12F2N6O/c18-17(19)26-14-3-2-11(9-20)8-12(14)16-13(10-22-23-16)24-7-4-15-21-5-1-6-25(15)24/h1-6,8,10,17H,7H2,(H,22,23). The van der Waals surface area contributed by atoms with Crippen molar-refractivity contribution in [2.45, 2.75) is 6.61 Å². The van der Waals surface area contributed by atoms with Gasteiger partial charge in [-0.15, -0.1) is 0 Å². The summed E-state index contributed by atoms with van der Waals surface area (Å²) >= 11 is 0. The first-order chi connectivity index (χ1) is 12.7. The first-order valence-electron chi connectivity index (χ1n) is 7.68. The van der Waals surface area contributed by atoms with Gasteiger partial charge in [-0.2, -0.15) is 19.1 Å². The van der Waals surface area contributed by atoms with Crippen LogP contribution < -0.4 is 9.75 Å². The number of rotatable bonds is 4. The second-order valence-corrected chi connectivity index (χ2v) is 5.44. The molecule has 1 aromatic carbocycles. The zero-order chi connectivity index (χ0) is 18.1. The molecule has 2 aliphatic heterocycles. The first kappa shape index (κ1) is 15.8. The van der Waals surface area contributed by atoms with Crippen LogP contribution in [-0.4, -0.2) is 34.6 Å². The van der Waals surface area contributed by atoms with E-state index in [1.54, 1.807) is 18.5 Å². The van der Waals surface area contributed by atoms with Gasteiger partial charge in [-0.3, -0.25) is 10.1 Å². The molecule has 0 spiro atoms. The number of nitriles is 1. The van der Waals surface area contributed by atoms with Crippen molar-refractivity contribution in [3.8, 4) is 23.1 Å². The molecule has 0 unspecified atom stereocenters. The van der Waals surface area contributed by atoms with E-state index in [9.17, 15) is 8.78 Å². The number of halogens is 2. The Morgan fingerprint density at radius 2 is 2.23 bits per heavy atom. The third-order valence-electron chi connectivity index (χ3n) is 3.95. The molecule has 2 aromatic rings. The smallest absolute Gasteiger partial charge is 0.387 e. The number of fused-ring (bicyclic) bond motifs is 1. The number of benzene rings is 1. The van der Waals surface area contributed by atoms with Gasteiger partial charge in [-0.05, 0) is 30.4 Å². The Kier molecular flexibility index (Phi) is 3.85. The number of aromatic nitrogens is 2. The van der Waals surface area contributed by atoms with Crippen molar-refractivity contribution in [3.05, 3.63) is 54.1 Å². The van der Waals surface area contributed by atoms with Gasteiger partial charge in [0.15, 0.2) is 0 Å². The van der Waals surface area contributed by atoms with Gasteiger partial charge >= 0.3 is 6.61 Å².